The summed E-state index contributed by atoms with van der Waals surface area (Å²) in [6.07, 6.45) is 0.745. The molecule has 1 unspecified atom stereocenters. The molecule has 6 nitrogen and oxygen atoms in total. The Morgan fingerprint density at radius 1 is 1.09 bits per heavy atom. The molecule has 0 aliphatic carbocycles. The third-order valence-corrected chi connectivity index (χ3v) is 6.57. The Morgan fingerprint density at radius 3 is 2.35 bits per heavy atom. The number of nitrogens with zero attached hydrogens (tertiary/aromatic N) is 2. The van der Waals surface area contributed by atoms with Gasteiger partial charge in [0, 0.05) is 12.1 Å². The monoisotopic (exact) mass is 464 g/mol. The van der Waals surface area contributed by atoms with Gasteiger partial charge >= 0.3 is 0 Å². The summed E-state index contributed by atoms with van der Waals surface area (Å²) in [5.41, 5.74) is 2.56. The number of carbonyl (C=O) groups is 2. The minimum absolute atomic E-state index is 0.124. The molecule has 2 aromatic carbocycles. The van der Waals surface area contributed by atoms with Crippen LogP contribution in [0.5, 0.6) is 5.75 Å². The van der Waals surface area contributed by atoms with Crippen molar-refractivity contribution < 1.29 is 19.4 Å². The van der Waals surface area contributed by atoms with E-state index in [9.17, 15) is 14.7 Å². The van der Waals surface area contributed by atoms with E-state index in [4.69, 9.17) is 4.74 Å². The van der Waals surface area contributed by atoms with Crippen LogP contribution in [-0.2, 0) is 9.59 Å². The van der Waals surface area contributed by atoms with Crippen LogP contribution in [0.3, 0.4) is 0 Å². The van der Waals surface area contributed by atoms with Gasteiger partial charge < -0.3 is 19.6 Å². The van der Waals surface area contributed by atoms with Crippen molar-refractivity contribution in [3.8, 4) is 5.75 Å². The zero-order chi connectivity index (χ0) is 24.8. The molecule has 0 saturated carbocycles. The standard InChI is InChI=1S/C28H36N2O4/c1-6-29(7-2)16-9-17-30-25(21-14-12-20(13-15-21)19(3)4)24(27(32)28(30)33)26(31)22-10-8-11-23(18-22)34-5/h8,10-15,18-19,25,31H,6-7,9,16-17H2,1-5H3/b26-24-. The first-order valence-electron chi connectivity index (χ1n) is 12.1. The number of hydrogen-bond acceptors (Lipinski definition) is 5. The second-order valence-corrected chi connectivity index (χ2v) is 8.93. The quantitative estimate of drug-likeness (QED) is 0.305. The Bertz CT molecular complexity index is 1040. The Labute approximate surface area is 202 Å². The highest BCUT2D eigenvalue weighted by molar-refractivity contribution is 6.46. The van der Waals surface area contributed by atoms with Crippen molar-refractivity contribution in [3.05, 3.63) is 70.8 Å². The molecule has 182 valence electrons. The van der Waals surface area contributed by atoms with E-state index in [0.29, 0.717) is 23.8 Å². The first-order chi connectivity index (χ1) is 16.3. The number of likely N-dealkylation sites (tertiary alicyclic amines) is 1. The summed E-state index contributed by atoms with van der Waals surface area (Å²) in [4.78, 5) is 30.2. The van der Waals surface area contributed by atoms with E-state index in [2.05, 4.69) is 32.6 Å². The summed E-state index contributed by atoms with van der Waals surface area (Å²) >= 11 is 0. The van der Waals surface area contributed by atoms with Crippen molar-refractivity contribution in [1.29, 1.82) is 0 Å². The fourth-order valence-electron chi connectivity index (χ4n) is 4.45. The molecule has 1 aliphatic heterocycles. The van der Waals surface area contributed by atoms with E-state index in [1.807, 2.05) is 24.3 Å². The zero-order valence-electron chi connectivity index (χ0n) is 20.9. The number of aliphatic hydroxyl groups is 1. The van der Waals surface area contributed by atoms with Crippen LogP contribution in [0.1, 0.15) is 62.8 Å². The lowest BCUT2D eigenvalue weighted by atomic mass is 9.93. The SMILES string of the molecule is CCN(CC)CCCN1C(=O)C(=O)/C(=C(\O)c2cccc(OC)c2)C1c1ccc(C(C)C)cc1. The molecule has 1 aliphatic rings. The molecule has 2 aromatic rings. The van der Waals surface area contributed by atoms with Gasteiger partial charge in [0.05, 0.1) is 18.7 Å². The molecule has 6 heteroatoms. The highest BCUT2D eigenvalue weighted by atomic mass is 16.5. The van der Waals surface area contributed by atoms with Gasteiger partial charge in [0.2, 0.25) is 0 Å². The van der Waals surface area contributed by atoms with Crippen LogP contribution < -0.4 is 4.74 Å². The van der Waals surface area contributed by atoms with Crippen molar-refractivity contribution in [1.82, 2.24) is 9.80 Å². The van der Waals surface area contributed by atoms with Gasteiger partial charge in [0.25, 0.3) is 11.7 Å². The molecule has 1 N–H and O–H groups in total. The van der Waals surface area contributed by atoms with Crippen LogP contribution in [0.25, 0.3) is 5.76 Å². The van der Waals surface area contributed by atoms with E-state index in [1.54, 1.807) is 36.3 Å². The van der Waals surface area contributed by atoms with E-state index in [0.717, 1.165) is 31.6 Å². The number of methoxy groups -OCH3 is 1. The highest BCUT2D eigenvalue weighted by Gasteiger charge is 2.45. The molecule has 1 fully saturated rings. The molecule has 0 spiro atoms. The first-order valence-corrected chi connectivity index (χ1v) is 12.1. The van der Waals surface area contributed by atoms with Crippen molar-refractivity contribution >= 4 is 17.4 Å². The number of rotatable bonds is 10. The number of ether oxygens (including phenoxy) is 1. The number of amides is 1. The van der Waals surface area contributed by atoms with Crippen LogP contribution in [0.15, 0.2) is 54.1 Å². The van der Waals surface area contributed by atoms with Gasteiger partial charge in [-0.15, -0.1) is 0 Å². The molecular formula is C28H36N2O4. The van der Waals surface area contributed by atoms with Crippen molar-refractivity contribution in [3.63, 3.8) is 0 Å². The highest BCUT2D eigenvalue weighted by Crippen LogP contribution is 2.40. The molecule has 0 bridgehead atoms. The van der Waals surface area contributed by atoms with Crippen LogP contribution in [-0.4, -0.2) is 59.9 Å². The zero-order valence-corrected chi connectivity index (χ0v) is 20.9. The second-order valence-electron chi connectivity index (χ2n) is 8.93. The molecule has 0 aromatic heterocycles. The molecule has 1 atom stereocenters. The maximum atomic E-state index is 13.2. The fraction of sp³-hybridized carbons (Fsp3) is 0.429. The molecule has 1 amide bonds. The molecule has 1 heterocycles. The average Bonchev–Trinajstić information content (AvgIpc) is 3.11. The number of hydrogen-bond donors (Lipinski definition) is 1. The van der Waals surface area contributed by atoms with Crippen LogP contribution >= 0.6 is 0 Å². The van der Waals surface area contributed by atoms with E-state index < -0.39 is 17.7 Å². The summed E-state index contributed by atoms with van der Waals surface area (Å²) in [7, 11) is 1.55. The first kappa shape index (κ1) is 25.5. The minimum Gasteiger partial charge on any atom is -0.507 e. The molecule has 34 heavy (non-hydrogen) atoms. The summed E-state index contributed by atoms with van der Waals surface area (Å²) < 4.78 is 5.28. The predicted octanol–water partition coefficient (Wildman–Crippen LogP) is 4.97. The number of ketones is 1. The van der Waals surface area contributed by atoms with Crippen molar-refractivity contribution in [2.45, 2.75) is 46.1 Å². The predicted molar refractivity (Wildman–Crippen MR) is 135 cm³/mol. The second kappa shape index (κ2) is 11.3. The summed E-state index contributed by atoms with van der Waals surface area (Å²) in [6, 6.07) is 14.2. The van der Waals surface area contributed by atoms with Gasteiger partial charge in [-0.3, -0.25) is 9.59 Å². The lowest BCUT2D eigenvalue weighted by molar-refractivity contribution is -0.140. The summed E-state index contributed by atoms with van der Waals surface area (Å²) in [6.45, 7) is 11.6. The Hall–Kier alpha value is -3.12. The molecule has 0 radical (unpaired) electrons. The van der Waals surface area contributed by atoms with Gasteiger partial charge in [-0.25, -0.2) is 0 Å². The van der Waals surface area contributed by atoms with Crippen LogP contribution in [0, 0.1) is 0 Å². The maximum Gasteiger partial charge on any atom is 0.295 e. The third kappa shape index (κ3) is 5.33. The Morgan fingerprint density at radius 2 is 1.76 bits per heavy atom. The smallest absolute Gasteiger partial charge is 0.295 e. The summed E-state index contributed by atoms with van der Waals surface area (Å²) in [5, 5.41) is 11.2. The van der Waals surface area contributed by atoms with Crippen molar-refractivity contribution in [2.24, 2.45) is 0 Å². The van der Waals surface area contributed by atoms with Crippen molar-refractivity contribution in [2.75, 3.05) is 33.3 Å². The van der Waals surface area contributed by atoms with Gasteiger partial charge in [-0.1, -0.05) is 64.1 Å². The molecular weight excluding hydrogens is 428 g/mol. The lowest BCUT2D eigenvalue weighted by Gasteiger charge is -2.27. The van der Waals surface area contributed by atoms with E-state index >= 15 is 0 Å². The number of Topliss-reactive ketones (excluding diaryl/α,β-unsaturated/α-hetero) is 1. The van der Waals surface area contributed by atoms with Gasteiger partial charge in [0.1, 0.15) is 11.5 Å². The number of carbonyl (C=O) groups excluding carboxylic acids is 2. The maximum absolute atomic E-state index is 13.2. The fourth-order valence-corrected chi connectivity index (χ4v) is 4.45. The van der Waals surface area contributed by atoms with Crippen LogP contribution in [0.4, 0.5) is 0 Å². The summed E-state index contributed by atoms with van der Waals surface area (Å²) in [5.74, 6) is -0.467. The minimum atomic E-state index is -0.652. The van der Waals surface area contributed by atoms with Gasteiger partial charge in [-0.2, -0.15) is 0 Å². The van der Waals surface area contributed by atoms with Gasteiger partial charge in [-0.05, 0) is 55.2 Å². The lowest BCUT2D eigenvalue weighted by Crippen LogP contribution is -2.33. The van der Waals surface area contributed by atoms with Crippen LogP contribution in [0.2, 0.25) is 0 Å². The van der Waals surface area contributed by atoms with E-state index in [1.165, 1.54) is 5.56 Å². The molecule has 3 rings (SSSR count). The average molecular weight is 465 g/mol. The Balaban J connectivity index is 2.05. The third-order valence-electron chi connectivity index (χ3n) is 6.57. The normalized spacial score (nSPS) is 17.7. The molecule has 1 saturated heterocycles. The number of benzene rings is 2. The topological polar surface area (TPSA) is 70.1 Å². The van der Waals surface area contributed by atoms with E-state index in [-0.39, 0.29) is 11.3 Å². The number of aliphatic hydroxyl groups excluding tert-OH is 1. The largest absolute Gasteiger partial charge is 0.507 e. The Kier molecular flexibility index (Phi) is 8.51. The van der Waals surface area contributed by atoms with Gasteiger partial charge in [0.15, 0.2) is 0 Å².